The first-order chi connectivity index (χ1) is 10.6. The van der Waals surface area contributed by atoms with Crippen molar-refractivity contribution in [2.75, 3.05) is 40.3 Å². The normalized spacial score (nSPS) is 25.0. The number of ether oxygens (including phenoxy) is 1. The van der Waals surface area contributed by atoms with Crippen molar-refractivity contribution in [3.63, 3.8) is 0 Å². The SMILES string of the molecule is CNCCN(C)C/C(=C/N)C(=N)C1CCC2(CCCC2)OC1. The molecular formula is C17H32N4O. The highest BCUT2D eigenvalue weighted by Crippen LogP contribution is 2.41. The van der Waals surface area contributed by atoms with Gasteiger partial charge in [0.05, 0.1) is 12.2 Å². The number of nitrogens with two attached hydrogens (primary N) is 1. The van der Waals surface area contributed by atoms with Gasteiger partial charge in [-0.2, -0.15) is 0 Å². The Hall–Kier alpha value is -0.910. The van der Waals surface area contributed by atoms with Crippen LogP contribution in [0.3, 0.4) is 0 Å². The second-order valence-corrected chi connectivity index (χ2v) is 6.88. The first kappa shape index (κ1) is 17.4. The molecule has 126 valence electrons. The Balaban J connectivity index is 1.84. The van der Waals surface area contributed by atoms with Gasteiger partial charge < -0.3 is 26.1 Å². The van der Waals surface area contributed by atoms with Crippen molar-refractivity contribution in [2.45, 2.75) is 44.1 Å². The average Bonchev–Trinajstić information content (AvgIpc) is 2.99. The van der Waals surface area contributed by atoms with Crippen LogP contribution in [-0.4, -0.2) is 56.5 Å². The first-order valence-corrected chi connectivity index (χ1v) is 8.57. The Labute approximate surface area is 134 Å². The zero-order valence-corrected chi connectivity index (χ0v) is 14.2. The number of hydrogen-bond acceptors (Lipinski definition) is 5. The maximum absolute atomic E-state index is 8.50. The van der Waals surface area contributed by atoms with Crippen LogP contribution >= 0.6 is 0 Å². The molecule has 1 saturated heterocycles. The lowest BCUT2D eigenvalue weighted by atomic mass is 9.83. The van der Waals surface area contributed by atoms with E-state index in [0.29, 0.717) is 12.3 Å². The summed E-state index contributed by atoms with van der Waals surface area (Å²) in [5.41, 5.74) is 7.55. The first-order valence-electron chi connectivity index (χ1n) is 8.57. The molecule has 0 aromatic carbocycles. The van der Waals surface area contributed by atoms with Gasteiger partial charge in [0.1, 0.15) is 0 Å². The number of rotatable bonds is 7. The van der Waals surface area contributed by atoms with Crippen LogP contribution in [0.25, 0.3) is 0 Å². The Kier molecular flexibility index (Phi) is 6.41. The third-order valence-electron chi connectivity index (χ3n) is 5.19. The number of nitrogens with one attached hydrogen (secondary N) is 2. The highest BCUT2D eigenvalue weighted by atomic mass is 16.5. The molecule has 1 spiro atoms. The van der Waals surface area contributed by atoms with E-state index in [1.807, 2.05) is 7.05 Å². The molecule has 1 atom stereocenters. The topological polar surface area (TPSA) is 74.4 Å². The molecule has 0 aromatic rings. The van der Waals surface area contributed by atoms with Gasteiger partial charge >= 0.3 is 0 Å². The largest absolute Gasteiger partial charge is 0.404 e. The van der Waals surface area contributed by atoms with Gasteiger partial charge in [-0.15, -0.1) is 0 Å². The minimum Gasteiger partial charge on any atom is -0.404 e. The van der Waals surface area contributed by atoms with E-state index in [1.54, 1.807) is 6.20 Å². The Morgan fingerprint density at radius 2 is 2.14 bits per heavy atom. The molecule has 1 saturated carbocycles. The fourth-order valence-corrected chi connectivity index (χ4v) is 3.67. The zero-order valence-electron chi connectivity index (χ0n) is 14.2. The molecule has 4 N–H and O–H groups in total. The van der Waals surface area contributed by atoms with Gasteiger partial charge in [-0.25, -0.2) is 0 Å². The van der Waals surface area contributed by atoms with Crippen LogP contribution < -0.4 is 11.1 Å². The van der Waals surface area contributed by atoms with Gasteiger partial charge in [-0.1, -0.05) is 12.8 Å². The predicted octanol–water partition coefficient (Wildman–Crippen LogP) is 1.74. The van der Waals surface area contributed by atoms with Gasteiger partial charge in [0.15, 0.2) is 0 Å². The van der Waals surface area contributed by atoms with E-state index >= 15 is 0 Å². The van der Waals surface area contributed by atoms with Crippen LogP contribution in [0.2, 0.25) is 0 Å². The van der Waals surface area contributed by atoms with Crippen LogP contribution in [0.1, 0.15) is 38.5 Å². The number of hydrogen-bond donors (Lipinski definition) is 3. The minimum absolute atomic E-state index is 0.146. The van der Waals surface area contributed by atoms with Crippen molar-refractivity contribution in [3.05, 3.63) is 11.8 Å². The molecular weight excluding hydrogens is 276 g/mol. The summed E-state index contributed by atoms with van der Waals surface area (Å²) >= 11 is 0. The maximum atomic E-state index is 8.50. The summed E-state index contributed by atoms with van der Waals surface area (Å²) in [7, 11) is 4.02. The van der Waals surface area contributed by atoms with Crippen molar-refractivity contribution < 1.29 is 4.74 Å². The van der Waals surface area contributed by atoms with E-state index in [4.69, 9.17) is 15.9 Å². The number of likely N-dealkylation sites (N-methyl/N-ethyl adjacent to an activating group) is 2. The van der Waals surface area contributed by atoms with Crippen LogP contribution in [-0.2, 0) is 4.74 Å². The molecule has 1 unspecified atom stereocenters. The van der Waals surface area contributed by atoms with Gasteiger partial charge in [-0.3, -0.25) is 0 Å². The average molecular weight is 308 g/mol. The summed E-state index contributed by atoms with van der Waals surface area (Å²) in [6, 6.07) is 0. The van der Waals surface area contributed by atoms with Crippen molar-refractivity contribution in [1.82, 2.24) is 10.2 Å². The molecule has 2 aliphatic rings. The second-order valence-electron chi connectivity index (χ2n) is 6.88. The van der Waals surface area contributed by atoms with Crippen LogP contribution in [0, 0.1) is 11.3 Å². The summed E-state index contributed by atoms with van der Waals surface area (Å²) in [5.74, 6) is 0.207. The minimum atomic E-state index is 0.146. The van der Waals surface area contributed by atoms with Crippen molar-refractivity contribution in [1.29, 1.82) is 5.41 Å². The molecule has 5 nitrogen and oxygen atoms in total. The fraction of sp³-hybridized carbons (Fsp3) is 0.824. The Morgan fingerprint density at radius 1 is 1.41 bits per heavy atom. The van der Waals surface area contributed by atoms with Gasteiger partial charge in [0, 0.05) is 43.0 Å². The van der Waals surface area contributed by atoms with E-state index in [1.165, 1.54) is 25.7 Å². The molecule has 1 aliphatic heterocycles. The maximum Gasteiger partial charge on any atom is 0.0683 e. The monoisotopic (exact) mass is 308 g/mol. The molecule has 1 aliphatic carbocycles. The van der Waals surface area contributed by atoms with Crippen LogP contribution in [0.4, 0.5) is 0 Å². The third-order valence-corrected chi connectivity index (χ3v) is 5.19. The van der Waals surface area contributed by atoms with E-state index in [2.05, 4.69) is 17.3 Å². The van der Waals surface area contributed by atoms with Gasteiger partial charge in [0.25, 0.3) is 0 Å². The van der Waals surface area contributed by atoms with Gasteiger partial charge in [-0.05, 0) is 39.8 Å². The van der Waals surface area contributed by atoms with Crippen molar-refractivity contribution >= 4 is 5.71 Å². The Morgan fingerprint density at radius 3 is 2.68 bits per heavy atom. The molecule has 2 rings (SSSR count). The van der Waals surface area contributed by atoms with Crippen LogP contribution in [0.5, 0.6) is 0 Å². The summed E-state index contributed by atoms with van der Waals surface area (Å²) < 4.78 is 6.19. The molecule has 0 bridgehead atoms. The molecule has 0 radical (unpaired) electrons. The highest BCUT2D eigenvalue weighted by Gasteiger charge is 2.39. The summed E-state index contributed by atoms with van der Waals surface area (Å²) in [5, 5.41) is 11.6. The molecule has 2 fully saturated rings. The second kappa shape index (κ2) is 8.09. The van der Waals surface area contributed by atoms with Crippen molar-refractivity contribution in [2.24, 2.45) is 11.7 Å². The quantitative estimate of drug-likeness (QED) is 0.626. The smallest absolute Gasteiger partial charge is 0.0683 e. The lowest BCUT2D eigenvalue weighted by molar-refractivity contribution is -0.0843. The summed E-state index contributed by atoms with van der Waals surface area (Å²) in [4.78, 5) is 2.20. The predicted molar refractivity (Wildman–Crippen MR) is 91.3 cm³/mol. The molecule has 1 heterocycles. The molecule has 0 amide bonds. The summed E-state index contributed by atoms with van der Waals surface area (Å²) in [6.07, 6.45) is 8.79. The van der Waals surface area contributed by atoms with Gasteiger partial charge in [0.2, 0.25) is 0 Å². The van der Waals surface area contributed by atoms with E-state index in [-0.39, 0.29) is 11.5 Å². The van der Waals surface area contributed by atoms with Crippen molar-refractivity contribution in [3.8, 4) is 0 Å². The molecule has 22 heavy (non-hydrogen) atoms. The van der Waals surface area contributed by atoms with E-state index in [9.17, 15) is 0 Å². The summed E-state index contributed by atoms with van der Waals surface area (Å²) in [6.45, 7) is 3.32. The lowest BCUT2D eigenvalue weighted by Crippen LogP contribution is -2.40. The fourth-order valence-electron chi connectivity index (χ4n) is 3.67. The lowest BCUT2D eigenvalue weighted by Gasteiger charge is -2.38. The molecule has 0 aromatic heterocycles. The third kappa shape index (κ3) is 4.31. The standard InChI is InChI=1S/C17H32N4O/c1-20-9-10-21(2)12-15(11-18)16(19)14-5-8-17(22-13-14)6-3-4-7-17/h11,14,19-20H,3-10,12-13,18H2,1-2H3/b15-11-,19-16?. The zero-order chi connectivity index (χ0) is 16.0. The van der Waals surface area contributed by atoms with Crippen LogP contribution in [0.15, 0.2) is 11.8 Å². The number of nitrogens with zero attached hydrogens (tertiary/aromatic N) is 1. The molecule has 5 heteroatoms. The Bertz CT molecular complexity index is 391. The van der Waals surface area contributed by atoms with E-state index in [0.717, 1.165) is 38.0 Å². The highest BCUT2D eigenvalue weighted by molar-refractivity contribution is 5.99. The van der Waals surface area contributed by atoms with E-state index < -0.39 is 0 Å².